The van der Waals surface area contributed by atoms with Gasteiger partial charge in [-0.05, 0) is 73.5 Å². The lowest BCUT2D eigenvalue weighted by Gasteiger charge is -2.61. The third-order valence-corrected chi connectivity index (χ3v) is 7.55. The van der Waals surface area contributed by atoms with Gasteiger partial charge in [0, 0.05) is 6.20 Å². The minimum absolute atomic E-state index is 0.0653. The van der Waals surface area contributed by atoms with Gasteiger partial charge in [-0.1, -0.05) is 41.9 Å². The Balaban J connectivity index is 1.30. The summed E-state index contributed by atoms with van der Waals surface area (Å²) < 4.78 is 5.57. The van der Waals surface area contributed by atoms with Crippen LogP contribution >= 0.6 is 11.6 Å². The van der Waals surface area contributed by atoms with Gasteiger partial charge in [-0.25, -0.2) is 4.98 Å². The second-order valence-electron chi connectivity index (χ2n) is 9.35. The lowest BCUT2D eigenvalue weighted by Crippen LogP contribution is -2.57. The second kappa shape index (κ2) is 7.38. The fraction of sp³-hybridized carbons (Fsp3) is 0.458. The van der Waals surface area contributed by atoms with Crippen LogP contribution in [-0.2, 0) is 19.7 Å². The maximum Gasteiger partial charge on any atom is 0.312 e. The van der Waals surface area contributed by atoms with E-state index in [1.54, 1.807) is 18.3 Å². The Hall–Kier alpha value is -2.40. The Morgan fingerprint density at radius 3 is 2.50 bits per heavy atom. The van der Waals surface area contributed by atoms with Crippen LogP contribution in [-0.4, -0.2) is 23.5 Å². The molecule has 6 heteroatoms. The van der Waals surface area contributed by atoms with Crippen LogP contribution < -0.4 is 5.32 Å². The van der Waals surface area contributed by atoms with E-state index in [0.29, 0.717) is 17.5 Å². The van der Waals surface area contributed by atoms with Crippen LogP contribution in [0.3, 0.4) is 0 Å². The number of aromatic nitrogens is 1. The highest BCUT2D eigenvalue weighted by Crippen LogP contribution is 2.66. The monoisotopic (exact) mass is 424 g/mol. The zero-order chi connectivity index (χ0) is 20.8. The highest BCUT2D eigenvalue weighted by molar-refractivity contribution is 6.32. The zero-order valence-corrected chi connectivity index (χ0v) is 17.5. The van der Waals surface area contributed by atoms with Crippen LogP contribution in [0.25, 0.3) is 0 Å². The molecule has 1 amide bonds. The number of hydrogen-bond acceptors (Lipinski definition) is 4. The van der Waals surface area contributed by atoms with Gasteiger partial charge in [0.15, 0.2) is 11.8 Å². The largest absolute Gasteiger partial charge is 0.455 e. The minimum atomic E-state index is -0.466. The van der Waals surface area contributed by atoms with Crippen LogP contribution in [0.15, 0.2) is 48.7 Å². The maximum absolute atomic E-state index is 13.3. The highest BCUT2D eigenvalue weighted by atomic mass is 35.5. The van der Waals surface area contributed by atoms with E-state index < -0.39 is 11.3 Å². The fourth-order valence-corrected chi connectivity index (χ4v) is 6.75. The first-order valence-electron chi connectivity index (χ1n) is 10.6. The van der Waals surface area contributed by atoms with E-state index in [0.717, 1.165) is 32.1 Å². The molecule has 156 valence electrons. The van der Waals surface area contributed by atoms with Crippen molar-refractivity contribution in [3.63, 3.8) is 0 Å². The number of anilines is 1. The molecule has 4 fully saturated rings. The molecule has 30 heavy (non-hydrogen) atoms. The molecule has 0 aliphatic heterocycles. The van der Waals surface area contributed by atoms with E-state index in [1.807, 2.05) is 6.07 Å². The van der Waals surface area contributed by atoms with Crippen molar-refractivity contribution in [3.05, 3.63) is 59.4 Å². The predicted molar refractivity (Wildman–Crippen MR) is 114 cm³/mol. The normalized spacial score (nSPS) is 31.4. The average molecular weight is 425 g/mol. The number of amides is 1. The molecule has 6 rings (SSSR count). The van der Waals surface area contributed by atoms with Crippen molar-refractivity contribution in [1.29, 1.82) is 0 Å². The molecule has 2 aromatic rings. The van der Waals surface area contributed by atoms with Gasteiger partial charge >= 0.3 is 5.97 Å². The molecular weight excluding hydrogens is 400 g/mol. The van der Waals surface area contributed by atoms with Gasteiger partial charge in [0.05, 0.1) is 11.1 Å². The lowest BCUT2D eigenvalue weighted by molar-refractivity contribution is -0.175. The van der Waals surface area contributed by atoms with Crippen LogP contribution in [0.5, 0.6) is 0 Å². The van der Waals surface area contributed by atoms with E-state index >= 15 is 0 Å². The van der Waals surface area contributed by atoms with Gasteiger partial charge in [-0.3, -0.25) is 9.59 Å². The third-order valence-electron chi connectivity index (χ3n) is 7.25. The number of benzene rings is 1. The van der Waals surface area contributed by atoms with Crippen molar-refractivity contribution >= 4 is 29.2 Å². The number of nitrogens with one attached hydrogen (secondary N) is 1. The smallest absolute Gasteiger partial charge is 0.312 e. The first-order valence-corrected chi connectivity index (χ1v) is 11.0. The number of pyridine rings is 1. The van der Waals surface area contributed by atoms with E-state index in [-0.39, 0.29) is 23.1 Å². The topological polar surface area (TPSA) is 68.3 Å². The third kappa shape index (κ3) is 3.39. The summed E-state index contributed by atoms with van der Waals surface area (Å²) >= 11 is 5.98. The van der Waals surface area contributed by atoms with Crippen molar-refractivity contribution in [2.24, 2.45) is 17.3 Å². The van der Waals surface area contributed by atoms with E-state index in [1.165, 1.54) is 12.0 Å². The summed E-state index contributed by atoms with van der Waals surface area (Å²) in [5.41, 5.74) is 1.36. The Morgan fingerprint density at radius 2 is 1.80 bits per heavy atom. The maximum atomic E-state index is 13.3. The molecule has 1 heterocycles. The zero-order valence-electron chi connectivity index (χ0n) is 16.8. The number of ether oxygens (including phenoxy) is 1. The number of carbonyl (C=O) groups is 2. The van der Waals surface area contributed by atoms with Gasteiger partial charge in [-0.15, -0.1) is 0 Å². The van der Waals surface area contributed by atoms with Crippen LogP contribution in [0, 0.1) is 17.3 Å². The fourth-order valence-electron chi connectivity index (χ4n) is 6.58. The molecule has 4 bridgehead atoms. The van der Waals surface area contributed by atoms with E-state index in [2.05, 4.69) is 34.6 Å². The highest BCUT2D eigenvalue weighted by Gasteiger charge is 2.61. The molecular formula is C24H25ClN2O3. The van der Waals surface area contributed by atoms with Crippen molar-refractivity contribution in [1.82, 2.24) is 4.98 Å². The summed E-state index contributed by atoms with van der Waals surface area (Å²) in [7, 11) is 0. The summed E-state index contributed by atoms with van der Waals surface area (Å²) in [4.78, 5) is 29.5. The number of halogens is 1. The van der Waals surface area contributed by atoms with Gasteiger partial charge in [-0.2, -0.15) is 0 Å². The van der Waals surface area contributed by atoms with Crippen molar-refractivity contribution in [3.8, 4) is 0 Å². The molecule has 4 aliphatic carbocycles. The molecule has 2 unspecified atom stereocenters. The SMILES string of the molecule is O=C(COC(=O)C12CC3CC(C1)CC(c1ccccc1)(C3)C2)Nc1cccnc1Cl. The molecule has 0 radical (unpaired) electrons. The summed E-state index contributed by atoms with van der Waals surface area (Å²) in [5.74, 6) is 0.495. The van der Waals surface area contributed by atoms with E-state index in [4.69, 9.17) is 16.3 Å². The number of hydrogen-bond donors (Lipinski definition) is 1. The van der Waals surface area contributed by atoms with Crippen molar-refractivity contribution < 1.29 is 14.3 Å². The molecule has 2 atom stereocenters. The molecule has 1 aromatic carbocycles. The standard InChI is InChI=1S/C24H25ClN2O3/c25-21-19(7-4-8-26-21)27-20(28)14-30-22(29)24-12-16-9-17(13-24)11-23(10-16,15-24)18-5-2-1-3-6-18/h1-8,16-17H,9-15H2,(H,27,28). The molecule has 1 aromatic heterocycles. The van der Waals surface area contributed by atoms with Crippen LogP contribution in [0.4, 0.5) is 5.69 Å². The first-order chi connectivity index (χ1) is 14.5. The number of rotatable bonds is 5. The Kier molecular flexibility index (Phi) is 4.81. The van der Waals surface area contributed by atoms with Crippen LogP contribution in [0.1, 0.15) is 44.1 Å². The predicted octanol–water partition coefficient (Wildman–Crippen LogP) is 4.75. The number of nitrogens with zero attached hydrogens (tertiary/aromatic N) is 1. The summed E-state index contributed by atoms with van der Waals surface area (Å²) in [5, 5.41) is 2.87. The quantitative estimate of drug-likeness (QED) is 0.555. The van der Waals surface area contributed by atoms with Crippen LogP contribution in [0.2, 0.25) is 5.15 Å². The Morgan fingerprint density at radius 1 is 1.07 bits per heavy atom. The Labute approximate surface area is 181 Å². The Bertz CT molecular complexity index is 963. The van der Waals surface area contributed by atoms with Gasteiger partial charge in [0.25, 0.3) is 5.91 Å². The van der Waals surface area contributed by atoms with Gasteiger partial charge in [0.1, 0.15) is 0 Å². The average Bonchev–Trinajstić information content (AvgIpc) is 2.73. The molecule has 5 nitrogen and oxygen atoms in total. The molecule has 0 spiro atoms. The van der Waals surface area contributed by atoms with Crippen molar-refractivity contribution in [2.75, 3.05) is 11.9 Å². The van der Waals surface area contributed by atoms with Crippen molar-refractivity contribution in [2.45, 2.75) is 43.9 Å². The summed E-state index contributed by atoms with van der Waals surface area (Å²) in [6.45, 7) is -0.306. The first kappa shape index (κ1) is 19.6. The molecule has 0 saturated heterocycles. The molecule has 4 saturated carbocycles. The minimum Gasteiger partial charge on any atom is -0.455 e. The number of carbonyl (C=O) groups excluding carboxylic acids is 2. The summed E-state index contributed by atoms with van der Waals surface area (Å²) in [6.07, 6.45) is 7.66. The van der Waals surface area contributed by atoms with E-state index in [9.17, 15) is 9.59 Å². The lowest BCUT2D eigenvalue weighted by atomic mass is 9.43. The summed E-state index contributed by atoms with van der Waals surface area (Å²) in [6, 6.07) is 14.0. The molecule has 4 aliphatic rings. The van der Waals surface area contributed by atoms with Gasteiger partial charge < -0.3 is 10.1 Å². The second-order valence-corrected chi connectivity index (χ2v) is 9.71. The van der Waals surface area contributed by atoms with Gasteiger partial charge in [0.2, 0.25) is 0 Å². The molecule has 1 N–H and O–H groups in total. The number of esters is 1.